The SMILES string of the molecule is C[C@H](NC(=O)C(C)(C)C)C(=O)Nc1nncs1. The molecule has 1 aromatic heterocycles. The van der Waals surface area contributed by atoms with E-state index in [9.17, 15) is 9.59 Å². The molecule has 1 aromatic rings. The first-order valence-corrected chi connectivity index (χ1v) is 6.06. The van der Waals surface area contributed by atoms with Crippen LogP contribution in [0.15, 0.2) is 5.51 Å². The van der Waals surface area contributed by atoms with Gasteiger partial charge >= 0.3 is 0 Å². The third-order valence-corrected chi connectivity index (χ3v) is 2.62. The van der Waals surface area contributed by atoms with Gasteiger partial charge in [0, 0.05) is 5.41 Å². The third kappa shape index (κ3) is 4.10. The van der Waals surface area contributed by atoms with Crippen LogP contribution in [-0.4, -0.2) is 28.1 Å². The number of hydrogen-bond acceptors (Lipinski definition) is 5. The first-order valence-electron chi connectivity index (χ1n) is 5.18. The predicted molar refractivity (Wildman–Crippen MR) is 65.6 cm³/mol. The highest BCUT2D eigenvalue weighted by Crippen LogP contribution is 2.13. The summed E-state index contributed by atoms with van der Waals surface area (Å²) in [4.78, 5) is 23.4. The van der Waals surface area contributed by atoms with Crippen molar-refractivity contribution < 1.29 is 9.59 Å². The molecule has 2 amide bonds. The van der Waals surface area contributed by atoms with E-state index >= 15 is 0 Å². The van der Waals surface area contributed by atoms with Gasteiger partial charge in [0.15, 0.2) is 0 Å². The number of carbonyl (C=O) groups excluding carboxylic acids is 2. The second kappa shape index (κ2) is 5.22. The molecule has 0 spiro atoms. The lowest BCUT2D eigenvalue weighted by Crippen LogP contribution is -2.46. The first kappa shape index (κ1) is 13.6. The van der Waals surface area contributed by atoms with Crippen LogP contribution in [0.4, 0.5) is 5.13 Å². The van der Waals surface area contributed by atoms with Crippen molar-refractivity contribution in [2.75, 3.05) is 5.32 Å². The molecule has 0 saturated carbocycles. The van der Waals surface area contributed by atoms with Gasteiger partial charge in [0.2, 0.25) is 16.9 Å². The zero-order chi connectivity index (χ0) is 13.1. The van der Waals surface area contributed by atoms with Gasteiger partial charge < -0.3 is 5.32 Å². The van der Waals surface area contributed by atoms with Gasteiger partial charge in [-0.15, -0.1) is 10.2 Å². The highest BCUT2D eigenvalue weighted by Gasteiger charge is 2.25. The summed E-state index contributed by atoms with van der Waals surface area (Å²) in [5, 5.41) is 12.9. The average Bonchev–Trinajstić information content (AvgIpc) is 2.68. The Morgan fingerprint density at radius 2 is 2.06 bits per heavy atom. The van der Waals surface area contributed by atoms with Crippen molar-refractivity contribution in [1.29, 1.82) is 0 Å². The molecule has 0 bridgehead atoms. The molecule has 1 heterocycles. The van der Waals surface area contributed by atoms with Crippen LogP contribution in [0.3, 0.4) is 0 Å². The van der Waals surface area contributed by atoms with E-state index in [1.165, 1.54) is 16.8 Å². The zero-order valence-corrected chi connectivity index (χ0v) is 11.1. The summed E-state index contributed by atoms with van der Waals surface area (Å²) >= 11 is 1.23. The Balaban J connectivity index is 2.51. The van der Waals surface area contributed by atoms with Crippen molar-refractivity contribution in [3.63, 3.8) is 0 Å². The summed E-state index contributed by atoms with van der Waals surface area (Å²) in [5.41, 5.74) is 1.01. The lowest BCUT2D eigenvalue weighted by molar-refractivity contribution is -0.131. The quantitative estimate of drug-likeness (QED) is 0.846. The Kier molecular flexibility index (Phi) is 4.17. The van der Waals surface area contributed by atoms with Gasteiger partial charge in [-0.05, 0) is 6.92 Å². The molecule has 7 heteroatoms. The molecule has 6 nitrogen and oxygen atoms in total. The van der Waals surface area contributed by atoms with E-state index in [2.05, 4.69) is 20.8 Å². The van der Waals surface area contributed by atoms with Gasteiger partial charge in [0.25, 0.3) is 0 Å². The molecule has 0 radical (unpaired) electrons. The summed E-state index contributed by atoms with van der Waals surface area (Å²) in [7, 11) is 0. The smallest absolute Gasteiger partial charge is 0.248 e. The molecule has 94 valence electrons. The summed E-state index contributed by atoms with van der Waals surface area (Å²) in [5.74, 6) is -0.475. The molecule has 0 fully saturated rings. The number of aromatic nitrogens is 2. The van der Waals surface area contributed by atoms with E-state index in [1.807, 2.05) is 0 Å². The monoisotopic (exact) mass is 256 g/mol. The molecular weight excluding hydrogens is 240 g/mol. The summed E-state index contributed by atoms with van der Waals surface area (Å²) < 4.78 is 0. The van der Waals surface area contributed by atoms with Crippen LogP contribution >= 0.6 is 11.3 Å². The van der Waals surface area contributed by atoms with Gasteiger partial charge in [-0.2, -0.15) is 0 Å². The lowest BCUT2D eigenvalue weighted by atomic mass is 9.95. The molecule has 0 aliphatic rings. The molecule has 2 N–H and O–H groups in total. The van der Waals surface area contributed by atoms with Gasteiger partial charge in [-0.25, -0.2) is 0 Å². The molecule has 0 unspecified atom stereocenters. The lowest BCUT2D eigenvalue weighted by Gasteiger charge is -2.20. The van der Waals surface area contributed by atoms with Crippen LogP contribution in [0.2, 0.25) is 0 Å². The summed E-state index contributed by atoms with van der Waals surface area (Å²) in [6, 6.07) is -0.606. The van der Waals surface area contributed by atoms with Crippen LogP contribution < -0.4 is 10.6 Å². The minimum absolute atomic E-state index is 0.169. The second-order valence-corrected chi connectivity index (χ2v) is 5.51. The number of anilines is 1. The normalized spacial score (nSPS) is 12.9. The number of nitrogens with one attached hydrogen (secondary N) is 2. The number of nitrogens with zero attached hydrogens (tertiary/aromatic N) is 2. The van der Waals surface area contributed by atoms with Crippen LogP contribution in [0.25, 0.3) is 0 Å². The Morgan fingerprint density at radius 1 is 1.41 bits per heavy atom. The Morgan fingerprint density at radius 3 is 2.53 bits per heavy atom. The van der Waals surface area contributed by atoms with E-state index in [0.29, 0.717) is 5.13 Å². The van der Waals surface area contributed by atoms with Crippen LogP contribution in [0.5, 0.6) is 0 Å². The second-order valence-electron chi connectivity index (χ2n) is 4.68. The van der Waals surface area contributed by atoms with Crippen molar-refractivity contribution in [2.45, 2.75) is 33.7 Å². The fraction of sp³-hybridized carbons (Fsp3) is 0.600. The van der Waals surface area contributed by atoms with Crippen LogP contribution in [-0.2, 0) is 9.59 Å². The number of rotatable bonds is 3. The van der Waals surface area contributed by atoms with Crippen molar-refractivity contribution >= 4 is 28.3 Å². The topological polar surface area (TPSA) is 84.0 Å². The van der Waals surface area contributed by atoms with E-state index < -0.39 is 11.5 Å². The largest absolute Gasteiger partial charge is 0.344 e. The number of hydrogen-bond donors (Lipinski definition) is 2. The van der Waals surface area contributed by atoms with E-state index in [1.54, 1.807) is 27.7 Å². The van der Waals surface area contributed by atoms with Gasteiger partial charge in [-0.1, -0.05) is 32.1 Å². The predicted octanol–water partition coefficient (Wildman–Crippen LogP) is 1.03. The van der Waals surface area contributed by atoms with Gasteiger partial charge in [0.1, 0.15) is 11.6 Å². The average molecular weight is 256 g/mol. The van der Waals surface area contributed by atoms with Gasteiger partial charge in [-0.3, -0.25) is 14.9 Å². The molecule has 17 heavy (non-hydrogen) atoms. The molecule has 0 saturated heterocycles. The Bertz CT molecular complexity index is 397. The molecule has 0 aliphatic carbocycles. The Hall–Kier alpha value is -1.50. The maximum absolute atomic E-state index is 11.7. The molecule has 1 atom stereocenters. The fourth-order valence-electron chi connectivity index (χ4n) is 0.920. The zero-order valence-electron chi connectivity index (χ0n) is 10.3. The number of amides is 2. The van der Waals surface area contributed by atoms with Crippen LogP contribution in [0, 0.1) is 5.41 Å². The summed E-state index contributed by atoms with van der Waals surface area (Å²) in [6.07, 6.45) is 0. The summed E-state index contributed by atoms with van der Waals surface area (Å²) in [6.45, 7) is 6.99. The highest BCUT2D eigenvalue weighted by atomic mass is 32.1. The standard InChI is InChI=1S/C10H16N4O2S/c1-6(12-8(16)10(2,3)4)7(15)13-9-14-11-5-17-9/h5-6H,1-4H3,(H,12,16)(H,13,14,15)/t6-/m0/s1. The Labute approximate surface area is 104 Å². The van der Waals surface area contributed by atoms with E-state index in [-0.39, 0.29) is 11.8 Å². The van der Waals surface area contributed by atoms with Crippen molar-refractivity contribution in [1.82, 2.24) is 15.5 Å². The van der Waals surface area contributed by atoms with E-state index in [0.717, 1.165) is 0 Å². The van der Waals surface area contributed by atoms with Gasteiger partial charge in [0.05, 0.1) is 0 Å². The molecule has 0 aliphatic heterocycles. The van der Waals surface area contributed by atoms with E-state index in [4.69, 9.17) is 0 Å². The minimum atomic E-state index is -0.606. The third-order valence-electron chi connectivity index (χ3n) is 2.01. The van der Waals surface area contributed by atoms with Crippen molar-refractivity contribution in [2.24, 2.45) is 5.41 Å². The van der Waals surface area contributed by atoms with Crippen molar-refractivity contribution in [3.8, 4) is 0 Å². The molecule has 1 rings (SSSR count). The number of carbonyl (C=O) groups is 2. The minimum Gasteiger partial charge on any atom is -0.344 e. The molecule has 0 aromatic carbocycles. The maximum atomic E-state index is 11.7. The fourth-order valence-corrected chi connectivity index (χ4v) is 1.37. The first-order chi connectivity index (χ1) is 7.80. The molecular formula is C10H16N4O2S. The maximum Gasteiger partial charge on any atom is 0.248 e. The van der Waals surface area contributed by atoms with Crippen molar-refractivity contribution in [3.05, 3.63) is 5.51 Å². The van der Waals surface area contributed by atoms with Crippen LogP contribution in [0.1, 0.15) is 27.7 Å². The highest BCUT2D eigenvalue weighted by molar-refractivity contribution is 7.13.